The minimum atomic E-state index is -3.58. The number of primary sulfonamides is 1. The fourth-order valence-electron chi connectivity index (χ4n) is 1.86. The molecule has 0 fully saturated rings. The molecule has 0 aliphatic rings. The average Bonchev–Trinajstić information content (AvgIpc) is 2.28. The Balaban J connectivity index is 2.71. The van der Waals surface area contributed by atoms with Crippen LogP contribution in [0, 0.1) is 0 Å². The van der Waals surface area contributed by atoms with Crippen LogP contribution >= 0.6 is 0 Å². The Morgan fingerprint density at radius 3 is 2.53 bits per heavy atom. The summed E-state index contributed by atoms with van der Waals surface area (Å²) in [5.74, 6) is 0.315. The Kier molecular flexibility index (Phi) is 3.04. The van der Waals surface area contributed by atoms with Crippen molar-refractivity contribution in [3.05, 3.63) is 42.0 Å². The highest BCUT2D eigenvalue weighted by atomic mass is 32.2. The zero-order valence-electron chi connectivity index (χ0n) is 9.38. The zero-order valence-corrected chi connectivity index (χ0v) is 10.2. The number of methoxy groups -OCH3 is 1. The van der Waals surface area contributed by atoms with E-state index < -0.39 is 10.0 Å². The van der Waals surface area contributed by atoms with Gasteiger partial charge in [0.15, 0.2) is 0 Å². The summed E-state index contributed by atoms with van der Waals surface area (Å²) < 4.78 is 27.6. The van der Waals surface area contributed by atoms with Gasteiger partial charge in [-0.25, -0.2) is 13.6 Å². The fraction of sp³-hybridized carbons (Fsp3) is 0.167. The summed E-state index contributed by atoms with van der Waals surface area (Å²) in [6.07, 6.45) is 0. The first-order valence-electron chi connectivity index (χ1n) is 5.06. The predicted molar refractivity (Wildman–Crippen MR) is 67.3 cm³/mol. The van der Waals surface area contributed by atoms with Gasteiger partial charge in [-0.2, -0.15) is 0 Å². The second kappa shape index (κ2) is 4.35. The van der Waals surface area contributed by atoms with Crippen molar-refractivity contribution in [2.45, 2.75) is 5.75 Å². The van der Waals surface area contributed by atoms with Crippen LogP contribution in [-0.4, -0.2) is 15.5 Å². The van der Waals surface area contributed by atoms with Crippen LogP contribution in [-0.2, 0) is 15.8 Å². The molecule has 0 amide bonds. The molecule has 17 heavy (non-hydrogen) atoms. The van der Waals surface area contributed by atoms with Crippen LogP contribution in [0.4, 0.5) is 0 Å². The highest BCUT2D eigenvalue weighted by Gasteiger charge is 2.13. The molecule has 2 N–H and O–H groups in total. The lowest BCUT2D eigenvalue weighted by Crippen LogP contribution is -2.15. The van der Waals surface area contributed by atoms with Gasteiger partial charge in [0.1, 0.15) is 5.75 Å². The molecule has 5 heteroatoms. The van der Waals surface area contributed by atoms with Crippen LogP contribution in [0.1, 0.15) is 5.56 Å². The molecule has 4 nitrogen and oxygen atoms in total. The smallest absolute Gasteiger partial charge is 0.213 e. The first kappa shape index (κ1) is 11.9. The molecule has 0 aliphatic heterocycles. The molecule has 2 aromatic rings. The van der Waals surface area contributed by atoms with E-state index in [4.69, 9.17) is 9.88 Å². The Hall–Kier alpha value is -1.59. The monoisotopic (exact) mass is 251 g/mol. The van der Waals surface area contributed by atoms with Crippen molar-refractivity contribution in [3.8, 4) is 5.75 Å². The molecule has 0 heterocycles. The number of fused-ring (bicyclic) bond motifs is 1. The van der Waals surface area contributed by atoms with Crippen molar-refractivity contribution in [2.75, 3.05) is 7.11 Å². The Morgan fingerprint density at radius 1 is 1.18 bits per heavy atom. The molecule has 0 unspecified atom stereocenters. The van der Waals surface area contributed by atoms with Gasteiger partial charge in [0.25, 0.3) is 0 Å². The third-order valence-electron chi connectivity index (χ3n) is 2.56. The molecular weight excluding hydrogens is 238 g/mol. The van der Waals surface area contributed by atoms with E-state index in [-0.39, 0.29) is 5.75 Å². The standard InChI is InChI=1S/C12H13NO3S/c1-16-12-7-6-9-4-2-3-5-10(9)11(12)8-17(13,14)15/h2-7H,8H2,1H3,(H2,13,14,15). The zero-order chi connectivity index (χ0) is 12.5. The van der Waals surface area contributed by atoms with Crippen molar-refractivity contribution < 1.29 is 13.2 Å². The third-order valence-corrected chi connectivity index (χ3v) is 3.25. The van der Waals surface area contributed by atoms with Crippen molar-refractivity contribution in [3.63, 3.8) is 0 Å². The number of rotatable bonds is 3. The lowest BCUT2D eigenvalue weighted by atomic mass is 10.0. The number of hydrogen-bond acceptors (Lipinski definition) is 3. The minimum Gasteiger partial charge on any atom is -0.496 e. The maximum Gasteiger partial charge on any atom is 0.213 e. The lowest BCUT2D eigenvalue weighted by molar-refractivity contribution is 0.412. The first-order valence-corrected chi connectivity index (χ1v) is 6.78. The molecule has 2 rings (SSSR count). The van der Waals surface area contributed by atoms with E-state index in [0.717, 1.165) is 10.8 Å². The number of nitrogens with two attached hydrogens (primary N) is 1. The SMILES string of the molecule is COc1ccc2ccccc2c1CS(N)(=O)=O. The highest BCUT2D eigenvalue weighted by molar-refractivity contribution is 7.88. The molecule has 0 radical (unpaired) electrons. The summed E-state index contributed by atoms with van der Waals surface area (Å²) in [5.41, 5.74) is 0.605. The topological polar surface area (TPSA) is 69.4 Å². The molecule has 0 saturated carbocycles. The van der Waals surface area contributed by atoms with Gasteiger partial charge in [0.05, 0.1) is 12.9 Å². The summed E-state index contributed by atoms with van der Waals surface area (Å²) in [4.78, 5) is 0. The van der Waals surface area contributed by atoms with Gasteiger partial charge in [0.2, 0.25) is 10.0 Å². The molecule has 0 saturated heterocycles. The van der Waals surface area contributed by atoms with Gasteiger partial charge < -0.3 is 4.74 Å². The first-order chi connectivity index (χ1) is 8.01. The summed E-state index contributed by atoms with van der Waals surface area (Å²) >= 11 is 0. The fourth-order valence-corrected chi connectivity index (χ4v) is 2.56. The number of ether oxygens (including phenoxy) is 1. The summed E-state index contributed by atoms with van der Waals surface area (Å²) in [7, 11) is -2.07. The summed E-state index contributed by atoms with van der Waals surface area (Å²) in [6, 6.07) is 11.2. The predicted octanol–water partition coefficient (Wildman–Crippen LogP) is 1.64. The second-order valence-electron chi connectivity index (χ2n) is 3.77. The molecule has 0 aliphatic carbocycles. The van der Waals surface area contributed by atoms with Gasteiger partial charge in [-0.05, 0) is 16.8 Å². The van der Waals surface area contributed by atoms with Crippen molar-refractivity contribution >= 4 is 20.8 Å². The van der Waals surface area contributed by atoms with Gasteiger partial charge in [-0.1, -0.05) is 30.3 Å². The van der Waals surface area contributed by atoms with Gasteiger partial charge in [-0.15, -0.1) is 0 Å². The number of sulfonamides is 1. The van der Waals surface area contributed by atoms with Crippen LogP contribution in [0.3, 0.4) is 0 Å². The third kappa shape index (κ3) is 2.57. The summed E-state index contributed by atoms with van der Waals surface area (Å²) in [5, 5.41) is 6.91. The van der Waals surface area contributed by atoms with Crippen molar-refractivity contribution in [1.82, 2.24) is 0 Å². The highest BCUT2D eigenvalue weighted by Crippen LogP contribution is 2.28. The van der Waals surface area contributed by atoms with E-state index in [9.17, 15) is 8.42 Å². The van der Waals surface area contributed by atoms with E-state index in [1.54, 1.807) is 6.07 Å². The molecule has 0 spiro atoms. The molecular formula is C12H13NO3S. The van der Waals surface area contributed by atoms with Crippen molar-refractivity contribution in [2.24, 2.45) is 5.14 Å². The molecule has 0 atom stereocenters. The van der Waals surface area contributed by atoms with E-state index in [1.807, 2.05) is 30.3 Å². The Morgan fingerprint density at radius 2 is 1.88 bits per heavy atom. The molecule has 90 valence electrons. The van der Waals surface area contributed by atoms with Gasteiger partial charge >= 0.3 is 0 Å². The minimum absolute atomic E-state index is 0.225. The van der Waals surface area contributed by atoms with Crippen LogP contribution in [0.15, 0.2) is 36.4 Å². The number of benzene rings is 2. The van der Waals surface area contributed by atoms with Crippen molar-refractivity contribution in [1.29, 1.82) is 0 Å². The number of hydrogen-bond donors (Lipinski definition) is 1. The maximum absolute atomic E-state index is 11.2. The Bertz CT molecular complexity index is 650. The maximum atomic E-state index is 11.2. The largest absolute Gasteiger partial charge is 0.496 e. The molecule has 0 aromatic heterocycles. The van der Waals surface area contributed by atoms with Crippen LogP contribution in [0.25, 0.3) is 10.8 Å². The Labute approximate surface area is 100 Å². The quantitative estimate of drug-likeness (QED) is 0.901. The van der Waals surface area contributed by atoms with E-state index in [0.29, 0.717) is 11.3 Å². The van der Waals surface area contributed by atoms with E-state index in [2.05, 4.69) is 0 Å². The molecule has 0 bridgehead atoms. The average molecular weight is 251 g/mol. The lowest BCUT2D eigenvalue weighted by Gasteiger charge is -2.10. The normalized spacial score (nSPS) is 11.6. The van der Waals surface area contributed by atoms with Crippen LogP contribution in [0.5, 0.6) is 5.75 Å². The second-order valence-corrected chi connectivity index (χ2v) is 5.39. The molecule has 2 aromatic carbocycles. The van der Waals surface area contributed by atoms with Gasteiger partial charge in [-0.3, -0.25) is 0 Å². The van der Waals surface area contributed by atoms with Gasteiger partial charge in [0, 0.05) is 5.56 Å². The van der Waals surface area contributed by atoms with Crippen LogP contribution in [0.2, 0.25) is 0 Å². The van der Waals surface area contributed by atoms with E-state index in [1.165, 1.54) is 7.11 Å². The summed E-state index contributed by atoms with van der Waals surface area (Å²) in [6.45, 7) is 0. The van der Waals surface area contributed by atoms with E-state index >= 15 is 0 Å². The van der Waals surface area contributed by atoms with Crippen LogP contribution < -0.4 is 9.88 Å².